The van der Waals surface area contributed by atoms with E-state index >= 15 is 0 Å². The zero-order chi connectivity index (χ0) is 16.9. The van der Waals surface area contributed by atoms with Gasteiger partial charge in [-0.1, -0.05) is 19.1 Å². The van der Waals surface area contributed by atoms with E-state index in [1.54, 1.807) is 19.2 Å². The Morgan fingerprint density at radius 3 is 2.35 bits per heavy atom. The van der Waals surface area contributed by atoms with E-state index < -0.39 is 11.4 Å². The molecule has 0 saturated heterocycles. The molecule has 23 heavy (non-hydrogen) atoms. The Morgan fingerprint density at radius 2 is 1.87 bits per heavy atom. The Kier molecular flexibility index (Phi) is 5.21. The van der Waals surface area contributed by atoms with Crippen molar-refractivity contribution in [1.82, 2.24) is 4.98 Å². The summed E-state index contributed by atoms with van der Waals surface area (Å²) in [6.45, 7) is 3.61. The molecule has 1 heterocycles. The second-order valence-corrected chi connectivity index (χ2v) is 5.72. The van der Waals surface area contributed by atoms with E-state index in [1.165, 1.54) is 0 Å². The van der Waals surface area contributed by atoms with Gasteiger partial charge in [-0.2, -0.15) is 0 Å². The zero-order valence-electron chi connectivity index (χ0n) is 13.7. The molecular formula is C18H22N2O3. The number of anilines is 1. The predicted octanol–water partition coefficient (Wildman–Crippen LogP) is 3.67. The number of carboxylic acid groups (broad SMARTS) is 1. The summed E-state index contributed by atoms with van der Waals surface area (Å²) < 4.78 is 5.55. The van der Waals surface area contributed by atoms with Crippen LogP contribution in [0.4, 0.5) is 5.69 Å². The summed E-state index contributed by atoms with van der Waals surface area (Å²) in [5.74, 6) is -0.428. The van der Waals surface area contributed by atoms with E-state index in [2.05, 4.69) is 10.3 Å². The predicted molar refractivity (Wildman–Crippen MR) is 90.7 cm³/mol. The maximum atomic E-state index is 11.3. The monoisotopic (exact) mass is 314 g/mol. The Hall–Kier alpha value is -2.56. The van der Waals surface area contributed by atoms with E-state index in [0.717, 1.165) is 16.8 Å². The van der Waals surface area contributed by atoms with Gasteiger partial charge in [0.1, 0.15) is 6.61 Å². The third-order valence-corrected chi connectivity index (χ3v) is 4.08. The number of aromatic nitrogens is 1. The van der Waals surface area contributed by atoms with Gasteiger partial charge in [0.05, 0.1) is 5.41 Å². The van der Waals surface area contributed by atoms with Crippen LogP contribution in [0.5, 0.6) is 5.88 Å². The first-order valence-corrected chi connectivity index (χ1v) is 7.59. The normalized spacial score (nSPS) is 13.2. The molecule has 5 heteroatoms. The molecule has 1 aromatic carbocycles. The molecule has 0 bridgehead atoms. The SMILES string of the molecule is CCC(C)(COc1ccc(-c2ccc(NC)cc2)cn1)C(=O)O. The molecule has 0 amide bonds. The van der Waals surface area contributed by atoms with Crippen molar-refractivity contribution in [3.63, 3.8) is 0 Å². The first-order valence-electron chi connectivity index (χ1n) is 7.59. The summed E-state index contributed by atoms with van der Waals surface area (Å²) in [6, 6.07) is 11.7. The topological polar surface area (TPSA) is 71.5 Å². The van der Waals surface area contributed by atoms with Crippen LogP contribution in [0.15, 0.2) is 42.6 Å². The molecule has 0 fully saturated rings. The Morgan fingerprint density at radius 1 is 1.22 bits per heavy atom. The molecule has 0 aliphatic rings. The van der Waals surface area contributed by atoms with Crippen molar-refractivity contribution < 1.29 is 14.6 Å². The Bertz CT molecular complexity index is 653. The van der Waals surface area contributed by atoms with Gasteiger partial charge in [-0.3, -0.25) is 4.79 Å². The second kappa shape index (κ2) is 7.13. The minimum absolute atomic E-state index is 0.0993. The fraction of sp³-hybridized carbons (Fsp3) is 0.333. The van der Waals surface area contributed by atoms with E-state index in [-0.39, 0.29) is 6.61 Å². The van der Waals surface area contributed by atoms with Crippen molar-refractivity contribution in [1.29, 1.82) is 0 Å². The minimum atomic E-state index is -0.899. The first-order chi connectivity index (χ1) is 11.0. The van der Waals surface area contributed by atoms with Gasteiger partial charge in [0, 0.05) is 30.6 Å². The molecule has 1 unspecified atom stereocenters. The van der Waals surface area contributed by atoms with Crippen LogP contribution in [0.25, 0.3) is 11.1 Å². The van der Waals surface area contributed by atoms with Crippen molar-refractivity contribution in [3.05, 3.63) is 42.6 Å². The van der Waals surface area contributed by atoms with Gasteiger partial charge in [0.2, 0.25) is 5.88 Å². The first kappa shape index (κ1) is 16.8. The number of hydrogen-bond acceptors (Lipinski definition) is 4. The number of rotatable bonds is 7. The summed E-state index contributed by atoms with van der Waals surface area (Å²) in [5, 5.41) is 12.3. The molecule has 122 valence electrons. The van der Waals surface area contributed by atoms with Crippen molar-refractivity contribution in [2.45, 2.75) is 20.3 Å². The third kappa shape index (κ3) is 4.00. The van der Waals surface area contributed by atoms with Crippen molar-refractivity contribution in [2.75, 3.05) is 19.0 Å². The lowest BCUT2D eigenvalue weighted by Crippen LogP contribution is -2.33. The maximum absolute atomic E-state index is 11.3. The van der Waals surface area contributed by atoms with Crippen LogP contribution in [0.2, 0.25) is 0 Å². The highest BCUT2D eigenvalue weighted by atomic mass is 16.5. The third-order valence-electron chi connectivity index (χ3n) is 4.08. The average molecular weight is 314 g/mol. The van der Waals surface area contributed by atoms with Gasteiger partial charge in [-0.25, -0.2) is 4.98 Å². The molecule has 2 rings (SSSR count). The molecule has 1 atom stereocenters. The highest BCUT2D eigenvalue weighted by Gasteiger charge is 2.32. The van der Waals surface area contributed by atoms with Crippen molar-refractivity contribution in [3.8, 4) is 17.0 Å². The number of pyridine rings is 1. The van der Waals surface area contributed by atoms with Gasteiger partial charge in [0.25, 0.3) is 0 Å². The van der Waals surface area contributed by atoms with E-state index in [1.807, 2.05) is 44.3 Å². The highest BCUT2D eigenvalue weighted by molar-refractivity contribution is 5.74. The molecule has 0 aliphatic carbocycles. The Balaban J connectivity index is 2.05. The summed E-state index contributed by atoms with van der Waals surface area (Å²) in [4.78, 5) is 15.5. The molecule has 0 aliphatic heterocycles. The lowest BCUT2D eigenvalue weighted by Gasteiger charge is -2.22. The van der Waals surface area contributed by atoms with Gasteiger partial charge in [-0.05, 0) is 37.1 Å². The summed E-state index contributed by atoms with van der Waals surface area (Å²) in [7, 11) is 1.88. The van der Waals surface area contributed by atoms with Gasteiger partial charge in [-0.15, -0.1) is 0 Å². The summed E-state index contributed by atoms with van der Waals surface area (Å²) in [5.41, 5.74) is 2.20. The molecule has 1 aromatic heterocycles. The summed E-state index contributed by atoms with van der Waals surface area (Å²) >= 11 is 0. The molecular weight excluding hydrogens is 292 g/mol. The molecule has 0 saturated carbocycles. The Labute approximate surface area is 136 Å². The van der Waals surface area contributed by atoms with Crippen LogP contribution < -0.4 is 10.1 Å². The van der Waals surface area contributed by atoms with Gasteiger partial charge in [0.15, 0.2) is 0 Å². The number of aliphatic carboxylic acids is 1. The minimum Gasteiger partial charge on any atom is -0.481 e. The van der Waals surface area contributed by atoms with Crippen molar-refractivity contribution in [2.24, 2.45) is 5.41 Å². The van der Waals surface area contributed by atoms with Crippen LogP contribution in [-0.2, 0) is 4.79 Å². The number of nitrogens with zero attached hydrogens (tertiary/aromatic N) is 1. The number of carboxylic acids is 1. The number of hydrogen-bond donors (Lipinski definition) is 2. The number of ether oxygens (including phenoxy) is 1. The fourth-order valence-corrected chi connectivity index (χ4v) is 2.01. The number of carbonyl (C=O) groups is 1. The fourth-order valence-electron chi connectivity index (χ4n) is 2.01. The smallest absolute Gasteiger partial charge is 0.312 e. The summed E-state index contributed by atoms with van der Waals surface area (Å²) in [6.07, 6.45) is 2.23. The average Bonchev–Trinajstić information content (AvgIpc) is 2.60. The molecule has 2 N–H and O–H groups in total. The zero-order valence-corrected chi connectivity index (χ0v) is 13.7. The maximum Gasteiger partial charge on any atom is 0.312 e. The van der Waals surface area contributed by atoms with Gasteiger partial charge < -0.3 is 15.2 Å². The van der Waals surface area contributed by atoms with Gasteiger partial charge >= 0.3 is 5.97 Å². The standard InChI is InChI=1S/C18H22N2O3/c1-4-18(2,17(21)22)12-23-16-10-7-14(11-20-16)13-5-8-15(19-3)9-6-13/h5-11,19H,4,12H2,1-3H3,(H,21,22). The lowest BCUT2D eigenvalue weighted by molar-refractivity contribution is -0.149. The van der Waals surface area contributed by atoms with Crippen LogP contribution in [0, 0.1) is 5.41 Å². The quantitative estimate of drug-likeness (QED) is 0.816. The van der Waals surface area contributed by atoms with Crippen molar-refractivity contribution >= 4 is 11.7 Å². The number of nitrogens with one attached hydrogen (secondary N) is 1. The van der Waals surface area contributed by atoms with Crippen LogP contribution >= 0.6 is 0 Å². The molecule has 5 nitrogen and oxygen atoms in total. The van der Waals surface area contributed by atoms with Crippen LogP contribution in [-0.4, -0.2) is 29.7 Å². The molecule has 2 aromatic rings. The number of benzene rings is 1. The van der Waals surface area contributed by atoms with E-state index in [9.17, 15) is 9.90 Å². The second-order valence-electron chi connectivity index (χ2n) is 5.72. The molecule has 0 radical (unpaired) electrons. The lowest BCUT2D eigenvalue weighted by atomic mass is 9.89. The van der Waals surface area contributed by atoms with E-state index in [4.69, 9.17) is 4.74 Å². The highest BCUT2D eigenvalue weighted by Crippen LogP contribution is 2.25. The van der Waals surface area contributed by atoms with Crippen LogP contribution in [0.3, 0.4) is 0 Å². The molecule has 0 spiro atoms. The van der Waals surface area contributed by atoms with Crippen LogP contribution in [0.1, 0.15) is 20.3 Å². The largest absolute Gasteiger partial charge is 0.481 e. The van der Waals surface area contributed by atoms with E-state index in [0.29, 0.717) is 12.3 Å².